The summed E-state index contributed by atoms with van der Waals surface area (Å²) in [7, 11) is 0. The molecule has 0 radical (unpaired) electrons. The van der Waals surface area contributed by atoms with E-state index in [-0.39, 0.29) is 12.3 Å². The van der Waals surface area contributed by atoms with Crippen LogP contribution in [0.4, 0.5) is 0 Å². The molecule has 0 aliphatic rings. The zero-order valence-electron chi connectivity index (χ0n) is 12.2. The summed E-state index contributed by atoms with van der Waals surface area (Å²) in [5.41, 5.74) is 1.81. The lowest BCUT2D eigenvalue weighted by molar-refractivity contribution is -0.137. The largest absolute Gasteiger partial charge is 0.481 e. The standard InChI is InChI=1S/C15H16ClN3O3/c1-9(6-14(20)21)18-15(22)13-8-17-19(10(13)2)12-5-3-4-11(16)7-12/h3-5,7-9H,6H2,1-2H3,(H,18,22)(H,20,21)/t9-/m1/s1. The first-order valence-electron chi connectivity index (χ1n) is 6.71. The number of carbonyl (C=O) groups excluding carboxylic acids is 1. The molecule has 0 fully saturated rings. The maximum absolute atomic E-state index is 12.2. The summed E-state index contributed by atoms with van der Waals surface area (Å²) in [4.78, 5) is 22.8. The second-order valence-electron chi connectivity index (χ2n) is 5.01. The van der Waals surface area contributed by atoms with Crippen LogP contribution in [0, 0.1) is 6.92 Å². The van der Waals surface area contributed by atoms with Crippen molar-refractivity contribution in [1.82, 2.24) is 15.1 Å². The van der Waals surface area contributed by atoms with Crippen LogP contribution in [0.2, 0.25) is 5.02 Å². The molecule has 0 saturated carbocycles. The van der Waals surface area contributed by atoms with E-state index in [1.807, 2.05) is 6.07 Å². The quantitative estimate of drug-likeness (QED) is 0.885. The van der Waals surface area contributed by atoms with Gasteiger partial charge in [-0.25, -0.2) is 4.68 Å². The molecule has 1 amide bonds. The molecule has 0 unspecified atom stereocenters. The third kappa shape index (κ3) is 3.65. The SMILES string of the molecule is Cc1c(C(=O)N[C@H](C)CC(=O)O)cnn1-c1cccc(Cl)c1. The molecule has 6 nitrogen and oxygen atoms in total. The first-order valence-corrected chi connectivity index (χ1v) is 7.09. The summed E-state index contributed by atoms with van der Waals surface area (Å²) in [6.45, 7) is 3.41. The van der Waals surface area contributed by atoms with Crippen LogP contribution in [0.15, 0.2) is 30.5 Å². The lowest BCUT2D eigenvalue weighted by atomic mass is 10.2. The van der Waals surface area contributed by atoms with E-state index in [0.29, 0.717) is 16.3 Å². The van der Waals surface area contributed by atoms with Gasteiger partial charge in [0.1, 0.15) is 0 Å². The van der Waals surface area contributed by atoms with Gasteiger partial charge in [0.15, 0.2) is 0 Å². The molecule has 2 N–H and O–H groups in total. The summed E-state index contributed by atoms with van der Waals surface area (Å²) in [5, 5.41) is 16.1. The van der Waals surface area contributed by atoms with Crippen LogP contribution >= 0.6 is 11.6 Å². The summed E-state index contributed by atoms with van der Waals surface area (Å²) < 4.78 is 1.61. The average molecular weight is 322 g/mol. The Kier molecular flexibility index (Phi) is 4.82. The van der Waals surface area contributed by atoms with Crippen molar-refractivity contribution in [2.24, 2.45) is 0 Å². The fraction of sp³-hybridized carbons (Fsp3) is 0.267. The molecule has 1 aromatic carbocycles. The van der Waals surface area contributed by atoms with Crippen molar-refractivity contribution in [1.29, 1.82) is 0 Å². The van der Waals surface area contributed by atoms with Crippen molar-refractivity contribution < 1.29 is 14.7 Å². The Bertz CT molecular complexity index is 712. The van der Waals surface area contributed by atoms with Gasteiger partial charge in [0.2, 0.25) is 0 Å². The minimum atomic E-state index is -0.959. The molecule has 1 atom stereocenters. The molecule has 116 valence electrons. The molecule has 22 heavy (non-hydrogen) atoms. The second-order valence-corrected chi connectivity index (χ2v) is 5.44. The van der Waals surface area contributed by atoms with E-state index in [0.717, 1.165) is 5.69 Å². The lowest BCUT2D eigenvalue weighted by Gasteiger charge is -2.11. The van der Waals surface area contributed by atoms with E-state index in [4.69, 9.17) is 16.7 Å². The molecular formula is C15H16ClN3O3. The molecule has 1 aromatic heterocycles. The number of nitrogens with zero attached hydrogens (tertiary/aromatic N) is 2. The van der Waals surface area contributed by atoms with Gasteiger partial charge < -0.3 is 10.4 Å². The molecule has 1 heterocycles. The maximum atomic E-state index is 12.2. The number of carbonyl (C=O) groups is 2. The van der Waals surface area contributed by atoms with Crippen molar-refractivity contribution in [3.63, 3.8) is 0 Å². The van der Waals surface area contributed by atoms with Crippen molar-refractivity contribution >= 4 is 23.5 Å². The first-order chi connectivity index (χ1) is 10.4. The van der Waals surface area contributed by atoms with E-state index >= 15 is 0 Å². The Morgan fingerprint density at radius 3 is 2.82 bits per heavy atom. The summed E-state index contributed by atoms with van der Waals surface area (Å²) in [6.07, 6.45) is 1.33. The van der Waals surface area contributed by atoms with Gasteiger partial charge in [-0.1, -0.05) is 17.7 Å². The molecule has 0 spiro atoms. The fourth-order valence-electron chi connectivity index (χ4n) is 2.12. The number of nitrogens with one attached hydrogen (secondary N) is 1. The number of halogens is 1. The predicted octanol–water partition coefficient (Wildman–Crippen LogP) is 2.43. The van der Waals surface area contributed by atoms with Crippen molar-refractivity contribution in [2.75, 3.05) is 0 Å². The van der Waals surface area contributed by atoms with Crippen LogP contribution in [-0.2, 0) is 4.79 Å². The fourth-order valence-corrected chi connectivity index (χ4v) is 2.30. The molecule has 7 heteroatoms. The zero-order chi connectivity index (χ0) is 16.3. The Morgan fingerprint density at radius 2 is 2.18 bits per heavy atom. The summed E-state index contributed by atoms with van der Waals surface area (Å²) in [5.74, 6) is -1.31. The number of hydrogen-bond acceptors (Lipinski definition) is 3. The van der Waals surface area contributed by atoms with Gasteiger partial charge in [0.05, 0.1) is 29.6 Å². The number of carboxylic acids is 1. The van der Waals surface area contributed by atoms with Crippen LogP contribution < -0.4 is 5.32 Å². The summed E-state index contributed by atoms with van der Waals surface area (Å²) >= 11 is 5.96. The number of amides is 1. The van der Waals surface area contributed by atoms with Crippen molar-refractivity contribution in [2.45, 2.75) is 26.3 Å². The van der Waals surface area contributed by atoms with Gasteiger partial charge in [0.25, 0.3) is 5.91 Å². The molecular weight excluding hydrogens is 306 g/mol. The van der Waals surface area contributed by atoms with E-state index in [1.165, 1.54) is 6.20 Å². The number of benzene rings is 1. The number of rotatable bonds is 5. The van der Waals surface area contributed by atoms with E-state index < -0.39 is 12.0 Å². The molecule has 0 bridgehead atoms. The van der Waals surface area contributed by atoms with Gasteiger partial charge in [-0.2, -0.15) is 5.10 Å². The second kappa shape index (κ2) is 6.62. The highest BCUT2D eigenvalue weighted by Crippen LogP contribution is 2.18. The summed E-state index contributed by atoms with van der Waals surface area (Å²) in [6, 6.07) is 6.68. The van der Waals surface area contributed by atoms with Gasteiger partial charge in [0, 0.05) is 11.1 Å². The predicted molar refractivity (Wildman–Crippen MR) is 82.5 cm³/mol. The van der Waals surface area contributed by atoms with E-state index in [1.54, 1.807) is 36.7 Å². The minimum absolute atomic E-state index is 0.132. The molecule has 0 aliphatic carbocycles. The van der Waals surface area contributed by atoms with Crippen LogP contribution in [0.25, 0.3) is 5.69 Å². The van der Waals surface area contributed by atoms with Gasteiger partial charge in [-0.05, 0) is 32.0 Å². The number of aromatic nitrogens is 2. The molecule has 2 rings (SSSR count). The topological polar surface area (TPSA) is 84.2 Å². The van der Waals surface area contributed by atoms with E-state index in [9.17, 15) is 9.59 Å². The highest BCUT2D eigenvalue weighted by atomic mass is 35.5. The van der Waals surface area contributed by atoms with Gasteiger partial charge in [-0.15, -0.1) is 0 Å². The lowest BCUT2D eigenvalue weighted by Crippen LogP contribution is -2.34. The number of carboxylic acid groups (broad SMARTS) is 1. The van der Waals surface area contributed by atoms with Crippen molar-refractivity contribution in [3.8, 4) is 5.69 Å². The average Bonchev–Trinajstić information content (AvgIpc) is 2.79. The Hall–Kier alpha value is -2.34. The minimum Gasteiger partial charge on any atom is -0.481 e. The Balaban J connectivity index is 2.20. The number of hydrogen-bond donors (Lipinski definition) is 2. The smallest absolute Gasteiger partial charge is 0.305 e. The third-order valence-corrected chi connectivity index (χ3v) is 3.40. The monoisotopic (exact) mass is 321 g/mol. The van der Waals surface area contributed by atoms with Crippen LogP contribution in [0.1, 0.15) is 29.4 Å². The number of aliphatic carboxylic acids is 1. The van der Waals surface area contributed by atoms with E-state index in [2.05, 4.69) is 10.4 Å². The first kappa shape index (κ1) is 16.0. The van der Waals surface area contributed by atoms with Crippen LogP contribution in [0.3, 0.4) is 0 Å². The Labute approximate surface area is 132 Å². The third-order valence-electron chi connectivity index (χ3n) is 3.17. The van der Waals surface area contributed by atoms with Crippen LogP contribution in [-0.4, -0.2) is 32.8 Å². The normalized spacial score (nSPS) is 12.0. The van der Waals surface area contributed by atoms with Gasteiger partial charge in [-0.3, -0.25) is 9.59 Å². The highest BCUT2D eigenvalue weighted by Gasteiger charge is 2.18. The maximum Gasteiger partial charge on any atom is 0.305 e. The van der Waals surface area contributed by atoms with Crippen LogP contribution in [0.5, 0.6) is 0 Å². The highest BCUT2D eigenvalue weighted by molar-refractivity contribution is 6.30. The van der Waals surface area contributed by atoms with Gasteiger partial charge >= 0.3 is 5.97 Å². The molecule has 0 saturated heterocycles. The molecule has 0 aliphatic heterocycles. The van der Waals surface area contributed by atoms with Crippen molar-refractivity contribution in [3.05, 3.63) is 46.7 Å². The zero-order valence-corrected chi connectivity index (χ0v) is 13.0. The Morgan fingerprint density at radius 1 is 1.45 bits per heavy atom. The molecule has 2 aromatic rings.